The van der Waals surface area contributed by atoms with E-state index in [0.717, 1.165) is 11.3 Å². The van der Waals surface area contributed by atoms with Gasteiger partial charge in [0.05, 0.1) is 0 Å². The number of benzene rings is 1. The molecule has 0 spiro atoms. The number of aromatic nitrogens is 1. The summed E-state index contributed by atoms with van der Waals surface area (Å²) in [6.45, 7) is 11.1. The van der Waals surface area contributed by atoms with Gasteiger partial charge in [-0.15, -0.1) is 11.3 Å². The largest absolute Gasteiger partial charge is 0.543 e. The molecule has 1 unspecified atom stereocenters. The summed E-state index contributed by atoms with van der Waals surface area (Å²) in [4.78, 5) is 4.17. The molecule has 1 aromatic carbocycles. The molecule has 2 rings (SSSR count). The molecule has 0 fully saturated rings. The molecule has 0 aliphatic heterocycles. The van der Waals surface area contributed by atoms with Gasteiger partial charge in [-0.2, -0.15) is 0 Å². The summed E-state index contributed by atoms with van der Waals surface area (Å²) in [5.41, 5.74) is 0.821. The first kappa shape index (κ1) is 16.2. The van der Waals surface area contributed by atoms with Crippen LogP contribution in [0.3, 0.4) is 0 Å². The van der Waals surface area contributed by atoms with E-state index in [1.54, 1.807) is 6.20 Å². The Kier molecular flexibility index (Phi) is 4.56. The van der Waals surface area contributed by atoms with Crippen LogP contribution in [0.1, 0.15) is 37.4 Å². The molecule has 0 saturated carbocycles. The van der Waals surface area contributed by atoms with Gasteiger partial charge in [0.25, 0.3) is 0 Å². The van der Waals surface area contributed by atoms with E-state index in [9.17, 15) is 5.11 Å². The van der Waals surface area contributed by atoms with Gasteiger partial charge in [-0.05, 0) is 35.8 Å². The van der Waals surface area contributed by atoms with Crippen molar-refractivity contribution in [3.63, 3.8) is 0 Å². The third-order valence-electron chi connectivity index (χ3n) is 4.04. The van der Waals surface area contributed by atoms with Crippen LogP contribution in [0.15, 0.2) is 35.8 Å². The van der Waals surface area contributed by atoms with E-state index in [1.165, 1.54) is 11.3 Å². The fourth-order valence-electron chi connectivity index (χ4n) is 1.71. The minimum absolute atomic E-state index is 0.150. The second-order valence-corrected chi connectivity index (χ2v) is 12.4. The van der Waals surface area contributed by atoms with Crippen molar-refractivity contribution >= 4 is 19.7 Å². The van der Waals surface area contributed by atoms with E-state index in [2.05, 4.69) is 38.8 Å². The molecule has 0 saturated heterocycles. The molecular formula is C16H23NO2SSi. The molecular weight excluding hydrogens is 298 g/mol. The number of aliphatic hydroxyl groups excluding tert-OH is 1. The second-order valence-electron chi connectivity index (χ2n) is 6.71. The van der Waals surface area contributed by atoms with Crippen LogP contribution < -0.4 is 4.43 Å². The molecule has 2 aromatic rings. The Balaban J connectivity index is 2.23. The lowest BCUT2D eigenvalue weighted by Crippen LogP contribution is -2.43. The zero-order valence-electron chi connectivity index (χ0n) is 13.3. The third-order valence-corrected chi connectivity index (χ3v) is 9.22. The lowest BCUT2D eigenvalue weighted by Gasteiger charge is -2.36. The molecule has 1 atom stereocenters. The molecule has 3 nitrogen and oxygen atoms in total. The van der Waals surface area contributed by atoms with Crippen LogP contribution in [0.4, 0.5) is 0 Å². The van der Waals surface area contributed by atoms with Gasteiger partial charge in [-0.3, -0.25) is 0 Å². The standard InChI is InChI=1S/C16H23NO2SSi/c1-16(2,3)21(4,5)19-13-8-6-7-12(11-13)14(18)15-17-9-10-20-15/h6-11,14,18H,1-5H3. The summed E-state index contributed by atoms with van der Waals surface area (Å²) in [6.07, 6.45) is 1.02. The highest BCUT2D eigenvalue weighted by Gasteiger charge is 2.39. The summed E-state index contributed by atoms with van der Waals surface area (Å²) in [5, 5.41) is 13.1. The Hall–Kier alpha value is -1.17. The maximum Gasteiger partial charge on any atom is 0.250 e. The third kappa shape index (κ3) is 3.73. The summed E-state index contributed by atoms with van der Waals surface area (Å²) >= 11 is 1.46. The van der Waals surface area contributed by atoms with Gasteiger partial charge in [0.2, 0.25) is 8.32 Å². The smallest absolute Gasteiger partial charge is 0.250 e. The van der Waals surface area contributed by atoms with E-state index in [1.807, 2.05) is 29.6 Å². The number of hydrogen-bond acceptors (Lipinski definition) is 4. The summed E-state index contributed by atoms with van der Waals surface area (Å²) < 4.78 is 6.29. The van der Waals surface area contributed by atoms with Gasteiger partial charge >= 0.3 is 0 Å². The molecule has 0 aliphatic carbocycles. The SMILES string of the molecule is CC(C)(C)[Si](C)(C)Oc1cccc(C(O)c2nccs2)c1. The van der Waals surface area contributed by atoms with Crippen molar-refractivity contribution in [3.05, 3.63) is 46.4 Å². The van der Waals surface area contributed by atoms with Crippen molar-refractivity contribution < 1.29 is 9.53 Å². The highest BCUT2D eigenvalue weighted by molar-refractivity contribution is 7.09. The van der Waals surface area contributed by atoms with E-state index in [4.69, 9.17) is 4.43 Å². The molecule has 0 bridgehead atoms. The monoisotopic (exact) mass is 321 g/mol. The Morgan fingerprint density at radius 3 is 2.57 bits per heavy atom. The van der Waals surface area contributed by atoms with E-state index in [-0.39, 0.29) is 5.04 Å². The lowest BCUT2D eigenvalue weighted by molar-refractivity contribution is 0.219. The Morgan fingerprint density at radius 1 is 1.29 bits per heavy atom. The number of nitrogens with zero attached hydrogens (tertiary/aromatic N) is 1. The highest BCUT2D eigenvalue weighted by atomic mass is 32.1. The van der Waals surface area contributed by atoms with E-state index >= 15 is 0 Å². The van der Waals surface area contributed by atoms with Crippen molar-refractivity contribution in [1.82, 2.24) is 4.98 Å². The first-order valence-corrected chi connectivity index (χ1v) is 10.9. The topological polar surface area (TPSA) is 42.4 Å². The summed E-state index contributed by atoms with van der Waals surface area (Å²) in [5.74, 6) is 0.828. The van der Waals surface area contributed by atoms with Crippen LogP contribution in [0.5, 0.6) is 5.75 Å². The maximum absolute atomic E-state index is 10.4. The van der Waals surface area contributed by atoms with Gasteiger partial charge in [-0.1, -0.05) is 32.9 Å². The van der Waals surface area contributed by atoms with Gasteiger partial charge in [0, 0.05) is 11.6 Å². The first-order valence-electron chi connectivity index (χ1n) is 7.07. The van der Waals surface area contributed by atoms with Crippen LogP contribution in [-0.4, -0.2) is 18.4 Å². The van der Waals surface area contributed by atoms with Crippen LogP contribution in [0.25, 0.3) is 0 Å². The fraction of sp³-hybridized carbons (Fsp3) is 0.438. The molecule has 5 heteroatoms. The predicted molar refractivity (Wildman–Crippen MR) is 90.4 cm³/mol. The van der Waals surface area contributed by atoms with Crippen molar-refractivity contribution in [3.8, 4) is 5.75 Å². The molecule has 0 amide bonds. The lowest BCUT2D eigenvalue weighted by atomic mass is 10.1. The summed E-state index contributed by atoms with van der Waals surface area (Å²) in [6, 6.07) is 7.71. The minimum atomic E-state index is -1.86. The van der Waals surface area contributed by atoms with Crippen LogP contribution >= 0.6 is 11.3 Å². The van der Waals surface area contributed by atoms with Gasteiger partial charge in [0.15, 0.2) is 0 Å². The van der Waals surface area contributed by atoms with Crippen molar-refractivity contribution in [2.24, 2.45) is 0 Å². The molecule has 1 N–H and O–H groups in total. The zero-order chi connectivity index (χ0) is 15.7. The average molecular weight is 322 g/mol. The fourth-order valence-corrected chi connectivity index (χ4v) is 3.38. The highest BCUT2D eigenvalue weighted by Crippen LogP contribution is 2.38. The minimum Gasteiger partial charge on any atom is -0.543 e. The van der Waals surface area contributed by atoms with Crippen LogP contribution in [0, 0.1) is 0 Å². The molecule has 114 valence electrons. The number of hydrogen-bond donors (Lipinski definition) is 1. The van der Waals surface area contributed by atoms with Crippen LogP contribution in [0.2, 0.25) is 18.1 Å². The Morgan fingerprint density at radius 2 is 2.00 bits per heavy atom. The van der Waals surface area contributed by atoms with Crippen LogP contribution in [-0.2, 0) is 0 Å². The van der Waals surface area contributed by atoms with Gasteiger partial charge in [-0.25, -0.2) is 4.98 Å². The Bertz CT molecular complexity index is 591. The molecule has 0 radical (unpaired) electrons. The average Bonchev–Trinajstić information content (AvgIpc) is 2.90. The van der Waals surface area contributed by atoms with E-state index in [0.29, 0.717) is 5.01 Å². The number of thiazole rings is 1. The number of aliphatic hydroxyl groups is 1. The maximum atomic E-state index is 10.4. The molecule has 0 aliphatic rings. The normalized spacial score (nSPS) is 14.0. The van der Waals surface area contributed by atoms with E-state index < -0.39 is 14.4 Å². The quantitative estimate of drug-likeness (QED) is 0.836. The Labute approximate surface area is 131 Å². The van der Waals surface area contributed by atoms with Crippen molar-refractivity contribution in [1.29, 1.82) is 0 Å². The van der Waals surface area contributed by atoms with Gasteiger partial charge < -0.3 is 9.53 Å². The molecule has 21 heavy (non-hydrogen) atoms. The van der Waals surface area contributed by atoms with Crippen molar-refractivity contribution in [2.45, 2.75) is 45.0 Å². The number of rotatable bonds is 4. The van der Waals surface area contributed by atoms with Crippen molar-refractivity contribution in [2.75, 3.05) is 0 Å². The summed E-state index contributed by atoms with van der Waals surface area (Å²) in [7, 11) is -1.86. The van der Waals surface area contributed by atoms with Gasteiger partial charge in [0.1, 0.15) is 16.9 Å². The zero-order valence-corrected chi connectivity index (χ0v) is 15.1. The molecule has 1 aromatic heterocycles. The second kappa shape index (κ2) is 5.91. The predicted octanol–water partition coefficient (Wildman–Crippen LogP) is 4.61. The first-order chi connectivity index (χ1) is 9.71. The molecule has 1 heterocycles.